The Morgan fingerprint density at radius 1 is 0.737 bits per heavy atom. The maximum Gasteiger partial charge on any atom is 3.00 e. The smallest absolute Gasteiger partial charge is 1.00 e. The molecule has 208 valence electrons. The van der Waals surface area contributed by atoms with E-state index < -0.39 is 0 Å². The molecule has 8 heteroatoms. The van der Waals surface area contributed by atoms with Crippen molar-refractivity contribution in [2.24, 2.45) is 9.98 Å². The van der Waals surface area contributed by atoms with Crippen molar-refractivity contribution in [3.8, 4) is 11.5 Å². The van der Waals surface area contributed by atoms with Gasteiger partial charge in [0.25, 0.3) is 0 Å². The van der Waals surface area contributed by atoms with Crippen molar-refractivity contribution in [3.63, 3.8) is 0 Å². The van der Waals surface area contributed by atoms with Gasteiger partial charge in [-0.1, -0.05) is 78.0 Å². The summed E-state index contributed by atoms with van der Waals surface area (Å²) in [5.41, 5.74) is 3.90. The molecule has 0 N–H and O–H groups in total. The molecule has 0 spiro atoms. The van der Waals surface area contributed by atoms with Gasteiger partial charge in [-0.15, -0.1) is 23.2 Å². The molecule has 0 radical (unpaired) electrons. The summed E-state index contributed by atoms with van der Waals surface area (Å²) < 4.78 is 0. The van der Waals surface area contributed by atoms with Crippen molar-refractivity contribution in [3.05, 3.63) is 57.6 Å². The summed E-state index contributed by atoms with van der Waals surface area (Å²) in [6.07, 6.45) is 7.33. The number of benzene rings is 2. The van der Waals surface area contributed by atoms with Gasteiger partial charge in [-0.05, 0) is 69.2 Å². The Bertz CT molecular complexity index is 1050. The Morgan fingerprint density at radius 3 is 1.37 bits per heavy atom. The topological polar surface area (TPSA) is 70.8 Å². The molecule has 4 nitrogen and oxygen atoms in total. The van der Waals surface area contributed by atoms with Crippen LogP contribution in [0.2, 0.25) is 0 Å². The Labute approximate surface area is 255 Å². The van der Waals surface area contributed by atoms with Crippen LogP contribution in [0.4, 0.5) is 0 Å². The molecule has 1 aliphatic rings. The molecule has 38 heavy (non-hydrogen) atoms. The standard InChI is InChI=1S/C30H40Cl2N2O2.ClH.Mn/c1-29(2,3)23-13-19(15-31)11-21(27(23)35)17-33-25-9-7-8-10-26(25)34-18-22-12-20(16-32)14-24(28(22)36)30(4,5)6;;/h11-14,17-18,25-26,35-36H,7-10,15-16H2,1-6H3;1H;/q;;+3/p-3/t25-,26-;;/m0../s1. The maximum atomic E-state index is 13.1. The van der Waals surface area contributed by atoms with Gasteiger partial charge in [0.15, 0.2) is 0 Å². The summed E-state index contributed by atoms with van der Waals surface area (Å²) in [7, 11) is 0. The van der Waals surface area contributed by atoms with E-state index in [1.807, 2.05) is 65.8 Å². The van der Waals surface area contributed by atoms with Crippen LogP contribution < -0.4 is 22.6 Å². The van der Waals surface area contributed by atoms with Crippen LogP contribution in [0.1, 0.15) is 101 Å². The van der Waals surface area contributed by atoms with Gasteiger partial charge < -0.3 is 22.6 Å². The predicted octanol–water partition coefficient (Wildman–Crippen LogP) is 3.76. The molecule has 0 amide bonds. The minimum Gasteiger partial charge on any atom is -1.00 e. The van der Waals surface area contributed by atoms with E-state index in [2.05, 4.69) is 0 Å². The van der Waals surface area contributed by atoms with Crippen molar-refractivity contribution in [1.29, 1.82) is 0 Å². The number of hydrogen-bond donors (Lipinski definition) is 0. The Hall–Kier alpha value is -1.23. The Morgan fingerprint density at radius 2 is 1.08 bits per heavy atom. The Kier molecular flexibility index (Phi) is 13.2. The van der Waals surface area contributed by atoms with Crippen LogP contribution in [-0.2, 0) is 39.7 Å². The number of aliphatic imine (C=N–C) groups is 2. The third-order valence-electron chi connectivity index (χ3n) is 6.78. The number of hydrogen-bond acceptors (Lipinski definition) is 4. The fourth-order valence-corrected chi connectivity index (χ4v) is 4.99. The summed E-state index contributed by atoms with van der Waals surface area (Å²) in [5, 5.41) is 26.3. The average molecular weight is 620 g/mol. The van der Waals surface area contributed by atoms with Gasteiger partial charge in [-0.25, -0.2) is 0 Å². The molecule has 2 aromatic carbocycles. The second kappa shape index (κ2) is 14.4. The van der Waals surface area contributed by atoms with E-state index in [0.717, 1.165) is 47.9 Å². The molecule has 3 rings (SSSR count). The number of nitrogens with zero attached hydrogens (tertiary/aromatic N) is 2. The van der Waals surface area contributed by atoms with Crippen LogP contribution in [0.15, 0.2) is 34.3 Å². The van der Waals surface area contributed by atoms with Gasteiger partial charge in [-0.3, -0.25) is 9.98 Å². The molecule has 0 saturated heterocycles. The maximum absolute atomic E-state index is 13.1. The van der Waals surface area contributed by atoms with E-state index in [-0.39, 0.29) is 63.9 Å². The monoisotopic (exact) mass is 618 g/mol. The minimum atomic E-state index is -0.279. The van der Waals surface area contributed by atoms with Gasteiger partial charge in [0, 0.05) is 24.2 Å². The second-order valence-corrected chi connectivity index (χ2v) is 12.4. The second-order valence-electron chi connectivity index (χ2n) is 11.9. The summed E-state index contributed by atoms with van der Waals surface area (Å²) in [5.74, 6) is 0.686. The summed E-state index contributed by atoms with van der Waals surface area (Å²) in [4.78, 5) is 9.68. The molecule has 0 aliphatic heterocycles. The van der Waals surface area contributed by atoms with E-state index in [9.17, 15) is 10.2 Å². The van der Waals surface area contributed by atoms with Crippen LogP contribution in [0.25, 0.3) is 0 Å². The molecule has 1 saturated carbocycles. The number of halogens is 3. The molecular formula is C30H38Cl3MnN2O2. The van der Waals surface area contributed by atoms with Crippen molar-refractivity contribution < 1.29 is 39.7 Å². The van der Waals surface area contributed by atoms with E-state index in [1.54, 1.807) is 12.4 Å². The SMILES string of the molecule is CC(C)(C)c1cc(CCl)cc(C=N[C@H]2CCCC[C@@H]2N=Cc2cc(CCl)cc(C(C)(C)C)c2[O-])c1[O-].[Cl-].[Mn+3]. The molecule has 1 aliphatic carbocycles. The van der Waals surface area contributed by atoms with E-state index in [4.69, 9.17) is 33.2 Å². The first-order chi connectivity index (χ1) is 16.8. The van der Waals surface area contributed by atoms with Gasteiger partial charge in [0.2, 0.25) is 0 Å². The van der Waals surface area contributed by atoms with Gasteiger partial charge in [-0.2, -0.15) is 0 Å². The fourth-order valence-electron chi connectivity index (χ4n) is 4.68. The van der Waals surface area contributed by atoms with Crippen LogP contribution in [0.3, 0.4) is 0 Å². The van der Waals surface area contributed by atoms with E-state index in [1.165, 1.54) is 0 Å². The zero-order valence-corrected chi connectivity index (χ0v) is 26.5. The first-order valence-corrected chi connectivity index (χ1v) is 13.8. The van der Waals surface area contributed by atoms with Crippen LogP contribution in [0, 0.1) is 0 Å². The zero-order chi connectivity index (χ0) is 26.7. The van der Waals surface area contributed by atoms with Gasteiger partial charge >= 0.3 is 17.1 Å². The van der Waals surface area contributed by atoms with Crippen molar-refractivity contribution in [2.45, 2.75) is 102 Å². The van der Waals surface area contributed by atoms with E-state index in [0.29, 0.717) is 22.9 Å². The first-order valence-electron chi connectivity index (χ1n) is 12.7. The largest absolute Gasteiger partial charge is 3.00 e. The van der Waals surface area contributed by atoms with Gasteiger partial charge in [0.05, 0.1) is 12.1 Å². The minimum absolute atomic E-state index is 0. The summed E-state index contributed by atoms with van der Waals surface area (Å²) >= 11 is 12.2. The van der Waals surface area contributed by atoms with Crippen LogP contribution >= 0.6 is 23.2 Å². The van der Waals surface area contributed by atoms with Crippen molar-refractivity contribution in [2.75, 3.05) is 0 Å². The molecule has 0 aromatic heterocycles. The number of alkyl halides is 2. The molecule has 2 atom stereocenters. The average Bonchev–Trinajstić information content (AvgIpc) is 2.81. The Balaban J connectivity index is 0.00000361. The molecule has 0 unspecified atom stereocenters. The zero-order valence-electron chi connectivity index (χ0n) is 23.1. The first kappa shape index (κ1) is 34.8. The van der Waals surface area contributed by atoms with Crippen molar-refractivity contribution in [1.82, 2.24) is 0 Å². The molecule has 0 heterocycles. The van der Waals surface area contributed by atoms with Crippen molar-refractivity contribution >= 4 is 35.6 Å². The van der Waals surface area contributed by atoms with Crippen LogP contribution in [-0.4, -0.2) is 24.5 Å². The van der Waals surface area contributed by atoms with Crippen LogP contribution in [0.5, 0.6) is 11.5 Å². The molecule has 0 bridgehead atoms. The number of rotatable bonds is 6. The van der Waals surface area contributed by atoms with E-state index >= 15 is 0 Å². The third kappa shape index (κ3) is 8.63. The molecule has 2 aromatic rings. The summed E-state index contributed by atoms with van der Waals surface area (Å²) in [6, 6.07) is 7.40. The fraction of sp³-hybridized carbons (Fsp3) is 0.533. The predicted molar refractivity (Wildman–Crippen MR) is 150 cm³/mol. The normalized spacial score (nSPS) is 18.4. The third-order valence-corrected chi connectivity index (χ3v) is 7.40. The summed E-state index contributed by atoms with van der Waals surface area (Å²) in [6.45, 7) is 12.2. The molecule has 1 fully saturated rings. The van der Waals surface area contributed by atoms with Gasteiger partial charge in [0.1, 0.15) is 0 Å². The molecular weight excluding hydrogens is 582 g/mol. The quantitative estimate of drug-likeness (QED) is 0.281.